The van der Waals surface area contributed by atoms with E-state index in [0.717, 1.165) is 16.8 Å². The van der Waals surface area contributed by atoms with Gasteiger partial charge in [-0.1, -0.05) is 30.3 Å². The third kappa shape index (κ3) is 5.86. The zero-order valence-corrected chi connectivity index (χ0v) is 21.1. The summed E-state index contributed by atoms with van der Waals surface area (Å²) in [5, 5.41) is 6.30. The van der Waals surface area contributed by atoms with Gasteiger partial charge in [-0.3, -0.25) is 0 Å². The summed E-state index contributed by atoms with van der Waals surface area (Å²) in [6.07, 6.45) is 1.38. The summed E-state index contributed by atoms with van der Waals surface area (Å²) in [5.41, 5.74) is 2.86. The number of aromatic nitrogens is 2. The second-order valence-corrected chi connectivity index (χ2v) is 11.4. The average Bonchev–Trinajstić information content (AvgIpc) is 2.89. The van der Waals surface area contributed by atoms with E-state index in [9.17, 15) is 16.8 Å². The van der Waals surface area contributed by atoms with Gasteiger partial charge in [0.1, 0.15) is 18.0 Å². The molecule has 0 aliphatic heterocycles. The first-order valence-corrected chi connectivity index (χ1v) is 13.7. The minimum absolute atomic E-state index is 0.130. The Morgan fingerprint density at radius 3 is 1.64 bits per heavy atom. The maximum Gasteiger partial charge on any atom is 0.240 e. The van der Waals surface area contributed by atoms with Gasteiger partial charge in [-0.2, -0.15) is 0 Å². The van der Waals surface area contributed by atoms with E-state index < -0.39 is 20.0 Å². The van der Waals surface area contributed by atoms with E-state index in [2.05, 4.69) is 30.0 Å². The Kier molecular flexibility index (Phi) is 7.31. The van der Waals surface area contributed by atoms with Gasteiger partial charge in [0.25, 0.3) is 0 Å². The summed E-state index contributed by atoms with van der Waals surface area (Å²) < 4.78 is 53.1. The van der Waals surface area contributed by atoms with Crippen molar-refractivity contribution in [1.82, 2.24) is 19.4 Å². The third-order valence-corrected chi connectivity index (χ3v) is 8.06. The molecule has 0 fully saturated rings. The van der Waals surface area contributed by atoms with E-state index in [4.69, 9.17) is 0 Å². The molecule has 10 nitrogen and oxygen atoms in total. The second-order valence-electron chi connectivity index (χ2n) is 7.59. The molecule has 4 rings (SSSR count). The maximum atomic E-state index is 12.2. The van der Waals surface area contributed by atoms with Gasteiger partial charge in [-0.25, -0.2) is 36.2 Å². The summed E-state index contributed by atoms with van der Waals surface area (Å²) >= 11 is 0. The van der Waals surface area contributed by atoms with Gasteiger partial charge in [-0.05, 0) is 67.7 Å². The first-order chi connectivity index (χ1) is 17.2. The molecule has 36 heavy (non-hydrogen) atoms. The van der Waals surface area contributed by atoms with Gasteiger partial charge in [0.15, 0.2) is 0 Å². The molecule has 3 aromatic carbocycles. The summed E-state index contributed by atoms with van der Waals surface area (Å²) in [6.45, 7) is 0. The molecule has 0 amide bonds. The van der Waals surface area contributed by atoms with E-state index in [1.165, 1.54) is 38.6 Å². The van der Waals surface area contributed by atoms with E-state index >= 15 is 0 Å². The summed E-state index contributed by atoms with van der Waals surface area (Å²) in [6, 6.07) is 22.2. The summed E-state index contributed by atoms with van der Waals surface area (Å²) in [5.74, 6) is 0.975. The molecule has 0 aliphatic carbocycles. The van der Waals surface area contributed by atoms with Gasteiger partial charge in [0.05, 0.1) is 9.79 Å². The van der Waals surface area contributed by atoms with Crippen LogP contribution in [-0.4, -0.2) is 40.9 Å². The lowest BCUT2D eigenvalue weighted by atomic mass is 10.1. The van der Waals surface area contributed by atoms with Crippen LogP contribution in [0, 0.1) is 0 Å². The normalized spacial score (nSPS) is 11.7. The van der Waals surface area contributed by atoms with Gasteiger partial charge in [0.2, 0.25) is 20.0 Å². The maximum absolute atomic E-state index is 12.2. The first-order valence-electron chi connectivity index (χ1n) is 10.7. The van der Waals surface area contributed by atoms with Crippen molar-refractivity contribution >= 4 is 43.1 Å². The predicted octanol–water partition coefficient (Wildman–Crippen LogP) is 3.45. The van der Waals surface area contributed by atoms with Crippen LogP contribution < -0.4 is 20.1 Å². The van der Waals surface area contributed by atoms with Crippen molar-refractivity contribution in [2.75, 3.05) is 24.7 Å². The zero-order valence-electron chi connectivity index (χ0n) is 19.4. The van der Waals surface area contributed by atoms with Crippen molar-refractivity contribution in [3.63, 3.8) is 0 Å². The molecule has 0 atom stereocenters. The highest BCUT2D eigenvalue weighted by molar-refractivity contribution is 7.89. The number of hydrogen-bond acceptors (Lipinski definition) is 8. The highest BCUT2D eigenvalue weighted by Gasteiger charge is 2.13. The number of anilines is 4. The van der Waals surface area contributed by atoms with Crippen LogP contribution in [0.15, 0.2) is 95.0 Å². The Morgan fingerprint density at radius 2 is 1.06 bits per heavy atom. The average molecular weight is 525 g/mol. The molecular weight excluding hydrogens is 500 g/mol. The van der Waals surface area contributed by atoms with Gasteiger partial charge < -0.3 is 10.6 Å². The molecule has 0 bridgehead atoms. The Morgan fingerprint density at radius 1 is 0.583 bits per heavy atom. The molecule has 4 N–H and O–H groups in total. The van der Waals surface area contributed by atoms with Crippen molar-refractivity contribution in [3.05, 3.63) is 85.2 Å². The highest BCUT2D eigenvalue weighted by atomic mass is 32.2. The van der Waals surface area contributed by atoms with Gasteiger partial charge in [0, 0.05) is 17.4 Å². The van der Waals surface area contributed by atoms with Crippen LogP contribution in [0.5, 0.6) is 0 Å². The van der Waals surface area contributed by atoms with Crippen LogP contribution in [-0.2, 0) is 20.0 Å². The molecule has 186 valence electrons. The molecule has 4 aromatic rings. The largest absolute Gasteiger partial charge is 0.340 e. The number of sulfonamides is 2. The van der Waals surface area contributed by atoms with Gasteiger partial charge in [-0.15, -0.1) is 0 Å². The lowest BCUT2D eigenvalue weighted by Gasteiger charge is -2.11. The van der Waals surface area contributed by atoms with Crippen molar-refractivity contribution in [2.24, 2.45) is 0 Å². The minimum atomic E-state index is -3.57. The highest BCUT2D eigenvalue weighted by Crippen LogP contribution is 2.27. The second kappa shape index (κ2) is 10.4. The Bertz CT molecular complexity index is 1610. The number of hydrogen-bond donors (Lipinski definition) is 4. The standard InChI is InChI=1S/C24H24N6O4S2/c1-25-35(31,32)21-10-4-7-18(13-21)17-6-3-8-19(12-17)29-23-15-24(28-16-27-23)30-20-9-5-11-22(14-20)36(33,34)26-2/h3-16,25-26H,1-2H3,(H2,27,28,29,30). The smallest absolute Gasteiger partial charge is 0.240 e. The van der Waals surface area contributed by atoms with Crippen LogP contribution in [0.3, 0.4) is 0 Å². The summed E-state index contributed by atoms with van der Waals surface area (Å²) in [4.78, 5) is 8.76. The quantitative estimate of drug-likeness (QED) is 0.261. The van der Waals surface area contributed by atoms with Crippen LogP contribution >= 0.6 is 0 Å². The zero-order chi connectivity index (χ0) is 25.8. The topological polar surface area (TPSA) is 142 Å². The molecule has 0 saturated heterocycles. The number of benzene rings is 3. The van der Waals surface area contributed by atoms with Crippen LogP contribution in [0.25, 0.3) is 11.1 Å². The fraction of sp³-hybridized carbons (Fsp3) is 0.0833. The summed E-state index contributed by atoms with van der Waals surface area (Å²) in [7, 11) is -4.40. The van der Waals surface area contributed by atoms with Crippen LogP contribution in [0.1, 0.15) is 0 Å². The Hall–Kier alpha value is -3.84. The lowest BCUT2D eigenvalue weighted by Crippen LogP contribution is -2.18. The van der Waals surface area contributed by atoms with Crippen LogP contribution in [0.4, 0.5) is 23.0 Å². The monoisotopic (exact) mass is 524 g/mol. The molecule has 0 unspecified atom stereocenters. The fourth-order valence-corrected chi connectivity index (χ4v) is 4.94. The van der Waals surface area contributed by atoms with Crippen molar-refractivity contribution in [2.45, 2.75) is 9.79 Å². The van der Waals surface area contributed by atoms with Crippen molar-refractivity contribution in [1.29, 1.82) is 0 Å². The third-order valence-electron chi connectivity index (χ3n) is 5.23. The Balaban J connectivity index is 1.55. The molecular formula is C24H24N6O4S2. The number of nitrogens with one attached hydrogen (secondary N) is 4. The Labute approximate surface area is 209 Å². The van der Waals surface area contributed by atoms with E-state index in [1.54, 1.807) is 30.3 Å². The van der Waals surface area contributed by atoms with Crippen molar-refractivity contribution in [3.8, 4) is 11.1 Å². The molecule has 1 heterocycles. The van der Waals surface area contributed by atoms with E-state index in [1.807, 2.05) is 30.3 Å². The number of nitrogens with zero attached hydrogens (tertiary/aromatic N) is 2. The molecule has 0 radical (unpaired) electrons. The molecule has 0 aliphatic rings. The van der Waals surface area contributed by atoms with Crippen molar-refractivity contribution < 1.29 is 16.8 Å². The SMILES string of the molecule is CNS(=O)(=O)c1cccc(Nc2cc(Nc3cccc(-c4cccc(S(=O)(=O)NC)c4)c3)ncn2)c1. The first kappa shape index (κ1) is 25.3. The van der Waals surface area contributed by atoms with Gasteiger partial charge >= 0.3 is 0 Å². The number of rotatable bonds is 9. The van der Waals surface area contributed by atoms with Crippen LogP contribution in [0.2, 0.25) is 0 Å². The molecule has 0 saturated carbocycles. The predicted molar refractivity (Wildman–Crippen MR) is 139 cm³/mol. The fourth-order valence-electron chi connectivity index (χ4n) is 3.39. The lowest BCUT2D eigenvalue weighted by molar-refractivity contribution is 0.586. The van der Waals surface area contributed by atoms with E-state index in [0.29, 0.717) is 17.3 Å². The molecule has 12 heteroatoms. The van der Waals surface area contributed by atoms with E-state index in [-0.39, 0.29) is 9.79 Å². The molecule has 1 aromatic heterocycles. The minimum Gasteiger partial charge on any atom is -0.340 e. The molecule has 0 spiro atoms.